The monoisotopic (exact) mass is 650 g/mol. The molecule has 0 saturated heterocycles. The molecule has 0 spiro atoms. The molecule has 4 atom stereocenters. The van der Waals surface area contributed by atoms with Crippen LogP contribution in [0.25, 0.3) is 0 Å². The molecule has 16 nitrogen and oxygen atoms in total. The third kappa shape index (κ3) is 12.6. The number of carboxylic acids is 3. The summed E-state index contributed by atoms with van der Waals surface area (Å²) in [6, 6.07) is 2.37. The summed E-state index contributed by atoms with van der Waals surface area (Å²) in [7, 11) is 1.53. The fourth-order valence-corrected chi connectivity index (χ4v) is 4.51. The summed E-state index contributed by atoms with van der Waals surface area (Å²) >= 11 is 0. The number of hydrogen-bond donors (Lipinski definition) is 7. The number of Topliss-reactive ketones (excluding diaryl/α,β-unsaturated/α-hetero) is 2. The van der Waals surface area contributed by atoms with Crippen molar-refractivity contribution in [1.29, 1.82) is 0 Å². The predicted molar refractivity (Wildman–Crippen MR) is 161 cm³/mol. The first-order chi connectivity index (χ1) is 21.4. The zero-order chi connectivity index (χ0) is 35.2. The Balaban J connectivity index is 3.19. The molecule has 0 bridgehead atoms. The number of ketones is 2. The van der Waals surface area contributed by atoms with Crippen LogP contribution in [0.4, 0.5) is 0 Å². The quantitative estimate of drug-likeness (QED) is 0.0851. The van der Waals surface area contributed by atoms with Crippen LogP contribution in [0.3, 0.4) is 0 Å². The Morgan fingerprint density at radius 1 is 0.826 bits per heavy atom. The van der Waals surface area contributed by atoms with Crippen molar-refractivity contribution in [1.82, 2.24) is 16.0 Å². The van der Waals surface area contributed by atoms with Gasteiger partial charge in [-0.25, -0.2) is 0 Å². The molecule has 46 heavy (non-hydrogen) atoms. The molecule has 1 rings (SSSR count). The first kappa shape index (κ1) is 39.2. The van der Waals surface area contributed by atoms with Crippen LogP contribution in [0.15, 0.2) is 24.3 Å². The van der Waals surface area contributed by atoms with E-state index in [0.717, 1.165) is 12.5 Å². The minimum absolute atomic E-state index is 0.0767. The third-order valence-corrected chi connectivity index (χ3v) is 7.02. The van der Waals surface area contributed by atoms with Crippen LogP contribution < -0.4 is 26.4 Å². The SMILES string of the molecule is COc1ccc(CCCC(=O)[C@H](CC(=O)O)NC(=O)[C@@H](NC(=O)C(N)(CCC(=O)O)C(=O)[C@H](CC(=O)O)NC(C)=O)C(C)C)cc1. The second-order valence-electron chi connectivity index (χ2n) is 11.1. The van der Waals surface area contributed by atoms with Gasteiger partial charge >= 0.3 is 17.9 Å². The van der Waals surface area contributed by atoms with E-state index in [1.165, 1.54) is 21.0 Å². The van der Waals surface area contributed by atoms with E-state index in [2.05, 4.69) is 16.0 Å². The van der Waals surface area contributed by atoms with E-state index in [1.54, 1.807) is 12.1 Å². The number of carbonyl (C=O) groups is 8. The smallest absolute Gasteiger partial charge is 0.305 e. The molecule has 0 aliphatic carbocycles. The Kier molecular flexibility index (Phi) is 15.5. The summed E-state index contributed by atoms with van der Waals surface area (Å²) < 4.78 is 5.11. The molecule has 0 fully saturated rings. The minimum Gasteiger partial charge on any atom is -0.497 e. The zero-order valence-corrected chi connectivity index (χ0v) is 26.2. The standard InChI is InChI=1S/C30H42N4O12/c1-16(2)26(34-29(45)30(31,13-12-23(37)38)27(43)21(15-25(41)42)32-17(3)35)28(44)33-20(14-24(39)40)22(36)7-5-6-18-8-10-19(46-4)11-9-18/h8-11,16,20-21,26H,5-7,12-15,31H2,1-4H3,(H,32,35)(H,33,44)(H,34,45)(H,37,38)(H,39,40)(H,41,42)/t20-,21-,26-,30?/m0/s1. The highest BCUT2D eigenvalue weighted by Crippen LogP contribution is 2.18. The largest absolute Gasteiger partial charge is 0.497 e. The highest BCUT2D eigenvalue weighted by molar-refractivity contribution is 6.14. The Morgan fingerprint density at radius 2 is 1.39 bits per heavy atom. The number of amides is 3. The maximum atomic E-state index is 13.5. The van der Waals surface area contributed by atoms with E-state index in [0.29, 0.717) is 18.6 Å². The molecule has 0 aliphatic heterocycles. The summed E-state index contributed by atoms with van der Waals surface area (Å²) in [5.41, 5.74) is 4.33. The number of hydrogen-bond acceptors (Lipinski definition) is 10. The van der Waals surface area contributed by atoms with E-state index in [-0.39, 0.29) is 6.42 Å². The lowest BCUT2D eigenvalue weighted by atomic mass is 9.83. The molecule has 3 amide bonds. The molecule has 0 aromatic heterocycles. The van der Waals surface area contributed by atoms with Crippen LogP contribution in [-0.2, 0) is 44.8 Å². The van der Waals surface area contributed by atoms with Gasteiger partial charge in [0.2, 0.25) is 17.7 Å². The minimum atomic E-state index is -2.70. The van der Waals surface area contributed by atoms with Crippen molar-refractivity contribution < 1.29 is 58.4 Å². The lowest BCUT2D eigenvalue weighted by molar-refractivity contribution is -0.146. The summed E-state index contributed by atoms with van der Waals surface area (Å²) in [5.74, 6) is -9.41. The molecule has 1 unspecified atom stereocenters. The average Bonchev–Trinajstić information content (AvgIpc) is 2.96. The zero-order valence-electron chi connectivity index (χ0n) is 26.2. The molecule has 0 saturated carbocycles. The molecular weight excluding hydrogens is 608 g/mol. The number of ether oxygens (including phenoxy) is 1. The van der Waals surface area contributed by atoms with Crippen LogP contribution in [0, 0.1) is 5.92 Å². The van der Waals surface area contributed by atoms with Crippen LogP contribution in [0.1, 0.15) is 64.9 Å². The highest BCUT2D eigenvalue weighted by Gasteiger charge is 2.47. The van der Waals surface area contributed by atoms with Gasteiger partial charge in [0, 0.05) is 19.8 Å². The summed E-state index contributed by atoms with van der Waals surface area (Å²) in [4.78, 5) is 98.9. The number of aliphatic carboxylic acids is 3. The van der Waals surface area contributed by atoms with Crippen LogP contribution in [-0.4, -0.2) is 93.3 Å². The predicted octanol–water partition coefficient (Wildman–Crippen LogP) is -0.202. The number of rotatable bonds is 21. The third-order valence-electron chi connectivity index (χ3n) is 7.02. The molecule has 1 aromatic carbocycles. The second-order valence-corrected chi connectivity index (χ2v) is 11.1. The van der Waals surface area contributed by atoms with Gasteiger partial charge < -0.3 is 41.7 Å². The topological polar surface area (TPSA) is 269 Å². The summed E-state index contributed by atoms with van der Waals surface area (Å²) in [5, 5.41) is 34.5. The van der Waals surface area contributed by atoms with Gasteiger partial charge in [-0.05, 0) is 42.9 Å². The number of carboxylic acid groups (broad SMARTS) is 3. The molecule has 16 heteroatoms. The Morgan fingerprint density at radius 3 is 1.87 bits per heavy atom. The van der Waals surface area contributed by atoms with E-state index in [4.69, 9.17) is 10.5 Å². The van der Waals surface area contributed by atoms with Crippen LogP contribution >= 0.6 is 0 Å². The van der Waals surface area contributed by atoms with Crippen molar-refractivity contribution in [2.45, 2.75) is 89.4 Å². The summed E-state index contributed by atoms with van der Waals surface area (Å²) in [6.45, 7) is 3.98. The van der Waals surface area contributed by atoms with Gasteiger partial charge in [-0.15, -0.1) is 0 Å². The lowest BCUT2D eigenvalue weighted by Crippen LogP contribution is -2.67. The molecule has 0 heterocycles. The first-order valence-corrected chi connectivity index (χ1v) is 14.4. The van der Waals surface area contributed by atoms with Crippen LogP contribution in [0.2, 0.25) is 0 Å². The average molecular weight is 651 g/mol. The van der Waals surface area contributed by atoms with Crippen molar-refractivity contribution in [2.75, 3.05) is 7.11 Å². The second kappa shape index (κ2) is 18.2. The fourth-order valence-electron chi connectivity index (χ4n) is 4.51. The molecule has 254 valence electrons. The Hall–Kier alpha value is -4.86. The number of carbonyl (C=O) groups excluding carboxylic acids is 5. The fraction of sp³-hybridized carbons (Fsp3) is 0.533. The number of nitrogens with two attached hydrogens (primary N) is 1. The Labute approximate surface area is 265 Å². The molecular formula is C30H42N4O12. The number of aryl methyl sites for hydroxylation is 1. The lowest BCUT2D eigenvalue weighted by Gasteiger charge is -2.33. The van der Waals surface area contributed by atoms with Gasteiger partial charge in [0.1, 0.15) is 17.8 Å². The normalized spacial score (nSPS) is 14.1. The van der Waals surface area contributed by atoms with Gasteiger partial charge in [-0.1, -0.05) is 26.0 Å². The Bertz CT molecular complexity index is 1280. The van der Waals surface area contributed by atoms with Crippen molar-refractivity contribution in [2.24, 2.45) is 11.7 Å². The van der Waals surface area contributed by atoms with E-state index in [1.807, 2.05) is 12.1 Å². The van der Waals surface area contributed by atoms with Gasteiger partial charge in [0.25, 0.3) is 0 Å². The maximum Gasteiger partial charge on any atom is 0.305 e. The maximum absolute atomic E-state index is 13.5. The van der Waals surface area contributed by atoms with Gasteiger partial charge in [-0.3, -0.25) is 38.4 Å². The van der Waals surface area contributed by atoms with Crippen molar-refractivity contribution in [3.8, 4) is 5.75 Å². The van der Waals surface area contributed by atoms with E-state index >= 15 is 0 Å². The van der Waals surface area contributed by atoms with Crippen molar-refractivity contribution in [3.05, 3.63) is 29.8 Å². The van der Waals surface area contributed by atoms with E-state index < -0.39 is 102 Å². The number of nitrogens with one attached hydrogen (secondary N) is 3. The van der Waals surface area contributed by atoms with E-state index in [9.17, 15) is 53.7 Å². The van der Waals surface area contributed by atoms with Gasteiger partial charge in [0.05, 0.1) is 26.0 Å². The van der Waals surface area contributed by atoms with Crippen molar-refractivity contribution >= 4 is 47.2 Å². The molecule has 0 aliphatic rings. The molecule has 0 radical (unpaired) electrons. The van der Waals surface area contributed by atoms with Gasteiger partial charge in [0.15, 0.2) is 17.1 Å². The summed E-state index contributed by atoms with van der Waals surface area (Å²) in [6.07, 6.45) is -2.59. The van der Waals surface area contributed by atoms with Crippen LogP contribution in [0.5, 0.6) is 5.75 Å². The molecule has 8 N–H and O–H groups in total. The highest BCUT2D eigenvalue weighted by atomic mass is 16.5. The molecule has 1 aromatic rings. The van der Waals surface area contributed by atoms with Crippen molar-refractivity contribution in [3.63, 3.8) is 0 Å². The number of methoxy groups -OCH3 is 1. The first-order valence-electron chi connectivity index (χ1n) is 14.4. The van der Waals surface area contributed by atoms with Gasteiger partial charge in [-0.2, -0.15) is 0 Å². The number of benzene rings is 1.